The van der Waals surface area contributed by atoms with Gasteiger partial charge in [-0.3, -0.25) is 0 Å². The number of benzene rings is 1. The van der Waals surface area contributed by atoms with Crippen LogP contribution >= 0.6 is 11.8 Å². The monoisotopic (exact) mass is 243 g/mol. The van der Waals surface area contributed by atoms with Crippen LogP contribution in [0, 0.1) is 12.7 Å². The Morgan fingerprint density at radius 3 is 2.81 bits per heavy atom. The van der Waals surface area contributed by atoms with E-state index in [2.05, 4.69) is 0 Å². The van der Waals surface area contributed by atoms with E-state index in [9.17, 15) is 9.18 Å². The van der Waals surface area contributed by atoms with Gasteiger partial charge in [0.2, 0.25) is 0 Å². The summed E-state index contributed by atoms with van der Waals surface area (Å²) < 4.78 is 18.2. The Bertz CT molecular complexity index is 373. The van der Waals surface area contributed by atoms with Crippen molar-refractivity contribution in [3.05, 3.63) is 29.1 Å². The molecular formula is C11H14FNO2S. The van der Waals surface area contributed by atoms with Gasteiger partial charge in [-0.05, 0) is 25.3 Å². The molecule has 0 amide bonds. The van der Waals surface area contributed by atoms with Gasteiger partial charge in [-0.25, -0.2) is 9.18 Å². The second-order valence-electron chi connectivity index (χ2n) is 3.30. The third kappa shape index (κ3) is 3.13. The van der Waals surface area contributed by atoms with E-state index in [1.807, 2.05) is 6.26 Å². The number of halogens is 1. The van der Waals surface area contributed by atoms with E-state index in [0.29, 0.717) is 12.2 Å². The Labute approximate surface area is 98.2 Å². The normalized spacial score (nSPS) is 10.2. The largest absolute Gasteiger partial charge is 0.461 e. The lowest BCUT2D eigenvalue weighted by Crippen LogP contribution is -2.09. The maximum atomic E-state index is 13.3. The molecule has 5 heteroatoms. The van der Waals surface area contributed by atoms with Gasteiger partial charge in [0.25, 0.3) is 0 Å². The molecule has 0 fully saturated rings. The molecule has 0 spiro atoms. The summed E-state index contributed by atoms with van der Waals surface area (Å²) in [5.74, 6) is -0.313. The minimum atomic E-state index is -0.542. The molecule has 1 rings (SSSR count). The number of carbonyl (C=O) groups is 1. The van der Waals surface area contributed by atoms with E-state index in [1.165, 1.54) is 6.07 Å². The van der Waals surface area contributed by atoms with Crippen molar-refractivity contribution in [2.24, 2.45) is 0 Å². The van der Waals surface area contributed by atoms with Crippen molar-refractivity contribution in [2.45, 2.75) is 6.92 Å². The fraction of sp³-hybridized carbons (Fsp3) is 0.364. The van der Waals surface area contributed by atoms with Gasteiger partial charge in [-0.15, -0.1) is 0 Å². The predicted octanol–water partition coefficient (Wildman–Crippen LogP) is 2.24. The molecule has 0 aliphatic heterocycles. The smallest absolute Gasteiger partial charge is 0.338 e. The third-order valence-corrected chi connectivity index (χ3v) is 2.72. The topological polar surface area (TPSA) is 52.3 Å². The molecule has 0 unspecified atom stereocenters. The highest BCUT2D eigenvalue weighted by atomic mass is 32.2. The molecular weight excluding hydrogens is 229 g/mol. The molecule has 0 saturated heterocycles. The van der Waals surface area contributed by atoms with Gasteiger partial charge in [-0.1, -0.05) is 0 Å². The second-order valence-corrected chi connectivity index (χ2v) is 4.29. The highest BCUT2D eigenvalue weighted by Crippen LogP contribution is 2.18. The lowest BCUT2D eigenvalue weighted by atomic mass is 10.1. The maximum Gasteiger partial charge on any atom is 0.338 e. The average Bonchev–Trinajstić information content (AvgIpc) is 2.25. The van der Waals surface area contributed by atoms with Gasteiger partial charge in [0.15, 0.2) is 0 Å². The summed E-state index contributed by atoms with van der Waals surface area (Å²) in [4.78, 5) is 11.5. The number of carbonyl (C=O) groups excluding carboxylic acids is 1. The summed E-state index contributed by atoms with van der Waals surface area (Å²) in [7, 11) is 0. The van der Waals surface area contributed by atoms with Gasteiger partial charge < -0.3 is 10.5 Å². The van der Waals surface area contributed by atoms with Crippen molar-refractivity contribution in [2.75, 3.05) is 24.3 Å². The zero-order valence-corrected chi connectivity index (χ0v) is 10.1. The minimum Gasteiger partial charge on any atom is -0.461 e. The quantitative estimate of drug-likeness (QED) is 0.500. The number of nitrogen functional groups attached to an aromatic ring is 1. The van der Waals surface area contributed by atoms with Crippen LogP contribution in [0.1, 0.15) is 15.9 Å². The summed E-state index contributed by atoms with van der Waals surface area (Å²) in [5, 5.41) is 0. The number of rotatable bonds is 4. The molecule has 0 aromatic heterocycles. The Balaban J connectivity index is 2.76. The molecule has 0 aliphatic rings. The first-order chi connectivity index (χ1) is 7.56. The van der Waals surface area contributed by atoms with E-state index in [0.717, 1.165) is 11.8 Å². The summed E-state index contributed by atoms with van der Waals surface area (Å²) >= 11 is 1.57. The van der Waals surface area contributed by atoms with Gasteiger partial charge >= 0.3 is 5.97 Å². The Kier molecular flexibility index (Phi) is 4.61. The van der Waals surface area contributed by atoms with E-state index >= 15 is 0 Å². The standard InChI is InChI=1S/C11H14FNO2S/c1-7-9(12)5-8(6-10(7)13)11(14)15-3-4-16-2/h5-6H,3-4,13H2,1-2H3. The van der Waals surface area contributed by atoms with Crippen molar-refractivity contribution < 1.29 is 13.9 Å². The van der Waals surface area contributed by atoms with Crippen molar-refractivity contribution in [1.82, 2.24) is 0 Å². The number of esters is 1. The average molecular weight is 243 g/mol. The van der Waals surface area contributed by atoms with Gasteiger partial charge in [0, 0.05) is 17.0 Å². The summed E-state index contributed by atoms with van der Waals surface area (Å²) in [6.07, 6.45) is 1.91. The van der Waals surface area contributed by atoms with E-state index in [4.69, 9.17) is 10.5 Å². The Hall–Kier alpha value is -1.23. The summed E-state index contributed by atoms with van der Waals surface area (Å²) in [6, 6.07) is 2.58. The number of hydrogen-bond donors (Lipinski definition) is 1. The van der Waals surface area contributed by atoms with E-state index in [-0.39, 0.29) is 11.3 Å². The minimum absolute atomic E-state index is 0.154. The van der Waals surface area contributed by atoms with Crippen LogP contribution < -0.4 is 5.73 Å². The van der Waals surface area contributed by atoms with E-state index in [1.54, 1.807) is 18.7 Å². The maximum absolute atomic E-state index is 13.3. The molecule has 0 radical (unpaired) electrons. The molecule has 0 bridgehead atoms. The molecule has 3 nitrogen and oxygen atoms in total. The first-order valence-corrected chi connectivity index (χ1v) is 6.17. The molecule has 2 N–H and O–H groups in total. The first-order valence-electron chi connectivity index (χ1n) is 4.78. The molecule has 0 aliphatic carbocycles. The zero-order chi connectivity index (χ0) is 12.1. The van der Waals surface area contributed by atoms with Crippen LogP contribution in [0.3, 0.4) is 0 Å². The lowest BCUT2D eigenvalue weighted by Gasteiger charge is -2.07. The molecule has 16 heavy (non-hydrogen) atoms. The van der Waals surface area contributed by atoms with Crippen LogP contribution in [0.2, 0.25) is 0 Å². The number of anilines is 1. The van der Waals surface area contributed by atoms with Crippen molar-refractivity contribution in [3.63, 3.8) is 0 Å². The van der Waals surface area contributed by atoms with Gasteiger partial charge in [-0.2, -0.15) is 11.8 Å². The number of thioether (sulfide) groups is 1. The molecule has 0 saturated carbocycles. The Morgan fingerprint density at radius 2 is 2.25 bits per heavy atom. The van der Waals surface area contributed by atoms with Crippen LogP contribution in [-0.4, -0.2) is 24.6 Å². The fourth-order valence-electron chi connectivity index (χ4n) is 1.12. The lowest BCUT2D eigenvalue weighted by molar-refractivity contribution is 0.0530. The Morgan fingerprint density at radius 1 is 1.56 bits per heavy atom. The molecule has 1 aromatic rings. The summed E-state index contributed by atoms with van der Waals surface area (Å²) in [5.41, 5.74) is 6.33. The summed E-state index contributed by atoms with van der Waals surface area (Å²) in [6.45, 7) is 1.88. The SMILES string of the molecule is CSCCOC(=O)c1cc(N)c(C)c(F)c1. The first kappa shape index (κ1) is 12.8. The van der Waals surface area contributed by atoms with Crippen molar-refractivity contribution >= 4 is 23.4 Å². The number of ether oxygens (including phenoxy) is 1. The van der Waals surface area contributed by atoms with Crippen LogP contribution in [0.25, 0.3) is 0 Å². The molecule has 88 valence electrons. The third-order valence-electron chi connectivity index (χ3n) is 2.14. The number of hydrogen-bond acceptors (Lipinski definition) is 4. The van der Waals surface area contributed by atoms with Gasteiger partial charge in [0.05, 0.1) is 5.56 Å². The highest BCUT2D eigenvalue weighted by molar-refractivity contribution is 7.98. The van der Waals surface area contributed by atoms with Crippen molar-refractivity contribution in [1.29, 1.82) is 0 Å². The zero-order valence-electron chi connectivity index (χ0n) is 9.25. The molecule has 0 heterocycles. The second kappa shape index (κ2) is 5.75. The predicted molar refractivity (Wildman–Crippen MR) is 64.2 cm³/mol. The van der Waals surface area contributed by atoms with Crippen LogP contribution in [-0.2, 0) is 4.74 Å². The van der Waals surface area contributed by atoms with Gasteiger partial charge in [0.1, 0.15) is 12.4 Å². The van der Waals surface area contributed by atoms with Crippen molar-refractivity contribution in [3.8, 4) is 0 Å². The fourth-order valence-corrected chi connectivity index (χ4v) is 1.37. The van der Waals surface area contributed by atoms with E-state index < -0.39 is 11.8 Å². The molecule has 0 atom stereocenters. The number of nitrogens with two attached hydrogens (primary N) is 1. The van der Waals surface area contributed by atoms with Crippen LogP contribution in [0.15, 0.2) is 12.1 Å². The van der Waals surface area contributed by atoms with Crippen LogP contribution in [0.4, 0.5) is 10.1 Å². The van der Waals surface area contributed by atoms with Crippen LogP contribution in [0.5, 0.6) is 0 Å². The highest BCUT2D eigenvalue weighted by Gasteiger charge is 2.11. The molecule has 1 aromatic carbocycles.